The largest absolute Gasteiger partial charge is 0.453 e. The number of methoxy groups -OCH3 is 1. The van der Waals surface area contributed by atoms with Crippen LogP contribution in [0, 0.1) is 120 Å². The Morgan fingerprint density at radius 3 is 1.26 bits per heavy atom. The first-order valence-electron chi connectivity index (χ1n) is 46.7. The molecule has 688 valence electrons. The van der Waals surface area contributed by atoms with Gasteiger partial charge in [0.25, 0.3) is 0 Å². The maximum atomic E-state index is 11.9. The first-order valence-corrected chi connectivity index (χ1v) is 46.7. The summed E-state index contributed by atoms with van der Waals surface area (Å²) in [6.07, 6.45) is 10.5. The van der Waals surface area contributed by atoms with E-state index in [0.717, 1.165) is 298 Å². The Bertz CT molecular complexity index is 5730. The first kappa shape index (κ1) is 92.7. The van der Waals surface area contributed by atoms with Crippen LogP contribution in [0.2, 0.25) is 0 Å². The van der Waals surface area contributed by atoms with E-state index in [-0.39, 0.29) is 35.2 Å². The summed E-state index contributed by atoms with van der Waals surface area (Å²) in [6, 6.07) is 7.09. The molecule has 7 fully saturated rings. The molecule has 2 saturated carbocycles. The zero-order chi connectivity index (χ0) is 92.3. The van der Waals surface area contributed by atoms with E-state index in [1.165, 1.54) is 69.1 Å². The fourth-order valence-corrected chi connectivity index (χ4v) is 19.5. The zero-order valence-corrected chi connectivity index (χ0v) is 81.4. The summed E-state index contributed by atoms with van der Waals surface area (Å²) in [5.74, 6) is 15.5. The van der Waals surface area contributed by atoms with E-state index in [1.807, 2.05) is 81.5 Å². The lowest BCUT2D eigenvalue weighted by molar-refractivity contribution is -0.0278. The van der Waals surface area contributed by atoms with E-state index in [1.54, 1.807) is 4.90 Å². The number of likely N-dealkylation sites (N-methyl/N-ethyl adjacent to an activating group) is 1. The molecule has 2 aliphatic carbocycles. The molecule has 19 rings (SSSR count). The fraction of sp³-hybridized carbons (Fsp3) is 0.586. The molecule has 17 heterocycles. The molecule has 2 spiro atoms. The number of hydrogen-bond donors (Lipinski definition) is 0. The van der Waals surface area contributed by atoms with E-state index >= 15 is 0 Å². The van der Waals surface area contributed by atoms with Gasteiger partial charge in [0.05, 0.1) is 104 Å². The van der Waals surface area contributed by atoms with Crippen LogP contribution >= 0.6 is 0 Å². The third-order valence-electron chi connectivity index (χ3n) is 27.3. The average molecular weight is 1760 g/mol. The third-order valence-corrected chi connectivity index (χ3v) is 27.3. The predicted octanol–water partition coefficient (Wildman–Crippen LogP) is 18.8. The number of aromatic nitrogens is 16. The molecule has 30 heteroatoms. The average Bonchev–Trinajstić information content (AvgIpc) is 1.70. The topological polar surface area (TPSA) is 321 Å². The van der Waals surface area contributed by atoms with Crippen molar-refractivity contribution in [2.45, 2.75) is 267 Å². The van der Waals surface area contributed by atoms with Gasteiger partial charge in [-0.1, -0.05) is 114 Å². The second kappa shape index (κ2) is 37.8. The Labute approximate surface area is 760 Å². The molecule has 6 aliphatic heterocycles. The number of nitrogens with zero attached hydrogens (tertiary/aromatic N) is 23. The van der Waals surface area contributed by atoms with Crippen molar-refractivity contribution in [1.82, 2.24) is 95.3 Å². The van der Waals surface area contributed by atoms with Gasteiger partial charge in [0, 0.05) is 166 Å². The number of likely N-dealkylation sites (tertiary alicyclic amines) is 2. The van der Waals surface area contributed by atoms with Gasteiger partial charge in [-0.3, -0.25) is 9.88 Å². The number of aryl methyl sites for hydroxylation is 10. The number of piperazine rings is 1. The summed E-state index contributed by atoms with van der Waals surface area (Å²) in [6.45, 7) is 65.3. The second-order valence-corrected chi connectivity index (χ2v) is 39.4. The van der Waals surface area contributed by atoms with Crippen LogP contribution in [-0.4, -0.2) is 200 Å². The number of carbonyl (C=O) groups is 1. The summed E-state index contributed by atoms with van der Waals surface area (Å²) in [4.78, 5) is 81.3. The normalized spacial score (nSPS) is 18.0. The molecule has 0 unspecified atom stereocenters. The number of amides is 1. The lowest BCUT2D eigenvalue weighted by Gasteiger charge is -2.61. The summed E-state index contributed by atoms with van der Waals surface area (Å²) in [5.41, 5.74) is 22.7. The van der Waals surface area contributed by atoms with Crippen molar-refractivity contribution >= 4 is 29.4 Å². The molecule has 0 N–H and O–H groups in total. The Hall–Kier alpha value is -11.0. The number of anilines is 4. The van der Waals surface area contributed by atoms with Gasteiger partial charge >= 0.3 is 6.09 Å². The molecular weight excluding hydrogens is 1620 g/mol. The van der Waals surface area contributed by atoms with Gasteiger partial charge < -0.3 is 56.8 Å². The van der Waals surface area contributed by atoms with Crippen LogP contribution in [0.3, 0.4) is 0 Å². The monoisotopic (exact) mass is 1760 g/mol. The third kappa shape index (κ3) is 19.3. The molecule has 1 amide bonds. The van der Waals surface area contributed by atoms with E-state index < -0.39 is 0 Å². The van der Waals surface area contributed by atoms with Gasteiger partial charge in [-0.05, 0) is 172 Å². The number of fused-ring (bicyclic) bond motifs is 1. The minimum absolute atomic E-state index is 0.132. The summed E-state index contributed by atoms with van der Waals surface area (Å²) in [7, 11) is 3.60. The van der Waals surface area contributed by atoms with E-state index in [9.17, 15) is 4.79 Å². The summed E-state index contributed by atoms with van der Waals surface area (Å²) >= 11 is 0. The highest BCUT2D eigenvalue weighted by atomic mass is 16.5. The van der Waals surface area contributed by atoms with Crippen molar-refractivity contribution in [2.75, 3.05) is 112 Å². The molecule has 0 bridgehead atoms. The minimum Gasteiger partial charge on any atom is -0.453 e. The standard InChI is InChI=1S/C21H29N5O3.C21H29N5O.C20H23N5O.C20H29N3O.C17H25N5O/c1-12(2)18-22-17(16-14(4)24-29-15(16)5)13(3)19(23-18)26-10-21(11-26)7-8-25(9-21)20(27)28-6;1-12(2)19-22-18(17-14(4)24-27-15(17)5)13(3)20(23-19)26-10-21(11-26)8-25(9-21)16-6-7-16;1-11(2)19-22-18(17-13(4)24-26-14(17)5)12(3)20(23-19)25-9-15-7-6-8-21-16(15)10-25;1-7-15-8-16(9-15)10-17-12(4)19(22-20(21-17)11(2)3)18-13(5)23-24-14(18)6;1-11(2)17-18-14(16-12(3)20-23-13(16)4)10-15(19-17)22-8-6-21(5)7-9-22/h12H,7-11H2,1-6H3;12,16H,6-11H2,1-5H3;6-8,11H,9-10H2,1-5H3;11,15-16H,7-10H2,1-6H3;10-11H,6-9H2,1-5H3. The van der Waals surface area contributed by atoms with E-state index in [4.69, 9.17) is 77.2 Å². The van der Waals surface area contributed by atoms with Crippen LogP contribution in [0.1, 0.15) is 270 Å². The molecule has 8 aliphatic rings. The van der Waals surface area contributed by atoms with Gasteiger partial charge in [-0.25, -0.2) is 54.6 Å². The van der Waals surface area contributed by atoms with Crippen molar-refractivity contribution in [3.05, 3.63) is 150 Å². The predicted molar refractivity (Wildman–Crippen MR) is 501 cm³/mol. The van der Waals surface area contributed by atoms with Crippen molar-refractivity contribution in [3.8, 4) is 56.3 Å². The molecule has 5 saturated heterocycles. The van der Waals surface area contributed by atoms with Gasteiger partial charge in [-0.2, -0.15) is 0 Å². The Morgan fingerprint density at radius 2 is 0.860 bits per heavy atom. The fourth-order valence-electron chi connectivity index (χ4n) is 19.5. The van der Waals surface area contributed by atoms with Gasteiger partial charge in [-0.15, -0.1) is 0 Å². The van der Waals surface area contributed by atoms with Crippen LogP contribution in [-0.2, 0) is 24.2 Å². The Morgan fingerprint density at radius 1 is 0.450 bits per heavy atom. The van der Waals surface area contributed by atoms with Gasteiger partial charge in [0.15, 0.2) is 0 Å². The number of rotatable bonds is 18. The van der Waals surface area contributed by atoms with Crippen molar-refractivity contribution < 1.29 is 32.1 Å². The van der Waals surface area contributed by atoms with Crippen LogP contribution in [0.25, 0.3) is 56.3 Å². The quantitative estimate of drug-likeness (QED) is 0.0770. The molecular formula is C99H135N23O7. The summed E-state index contributed by atoms with van der Waals surface area (Å²) in [5, 5.41) is 20.5. The van der Waals surface area contributed by atoms with Crippen molar-refractivity contribution in [2.24, 2.45) is 22.7 Å². The van der Waals surface area contributed by atoms with Crippen LogP contribution < -0.4 is 19.6 Å². The smallest absolute Gasteiger partial charge is 0.409 e. The molecule has 129 heavy (non-hydrogen) atoms. The number of carbonyl (C=O) groups excluding carboxylic acids is 1. The molecule has 0 atom stereocenters. The Kier molecular flexibility index (Phi) is 27.2. The molecule has 30 nitrogen and oxygen atoms in total. The molecule has 0 radical (unpaired) electrons. The summed E-state index contributed by atoms with van der Waals surface area (Å²) < 4.78 is 31.8. The van der Waals surface area contributed by atoms with Crippen molar-refractivity contribution in [3.63, 3.8) is 0 Å². The van der Waals surface area contributed by atoms with Crippen LogP contribution in [0.15, 0.2) is 47.0 Å². The van der Waals surface area contributed by atoms with E-state index in [0.29, 0.717) is 11.3 Å². The van der Waals surface area contributed by atoms with Crippen LogP contribution in [0.5, 0.6) is 0 Å². The number of pyridine rings is 1. The maximum Gasteiger partial charge on any atom is 0.409 e. The molecule has 11 aromatic heterocycles. The SMILES string of the molecule is CCC1CC(Cc2nc(C(C)C)nc(-c3c(C)noc3C)c2C)C1.COC(=O)N1CCC2(C1)CN(c1nc(C(C)C)nc(-c3c(C)noc3C)c1C)C2.Cc1noc(C)c1-c1cc(N2CCN(C)CC2)nc(C(C)C)n1.Cc1noc(C)c1-c1nc(C(C)C)nc(N2CC3(C2)CN(C2CC2)C3)c1C.Cc1noc(C)c1-c1nc(C(C)C)nc(N2Cc3cccnc3C2)c1C. The van der Waals surface area contributed by atoms with Gasteiger partial charge in [0.1, 0.15) is 81.2 Å². The van der Waals surface area contributed by atoms with E-state index in [2.05, 4.69) is 183 Å². The Balaban J connectivity index is 0.000000124. The number of hydrogen-bond acceptors (Lipinski definition) is 29. The highest BCUT2D eigenvalue weighted by molar-refractivity contribution is 5.76. The zero-order valence-electron chi connectivity index (χ0n) is 81.4. The lowest BCUT2D eigenvalue weighted by atomic mass is 9.71. The number of ether oxygens (including phenoxy) is 1. The highest BCUT2D eigenvalue weighted by Gasteiger charge is 2.56. The molecule has 0 aromatic carbocycles. The lowest BCUT2D eigenvalue weighted by Crippen LogP contribution is -2.72. The van der Waals surface area contributed by atoms with Crippen molar-refractivity contribution in [1.29, 1.82) is 0 Å². The first-order chi connectivity index (χ1) is 61.4. The minimum atomic E-state index is -0.235. The second-order valence-electron chi connectivity index (χ2n) is 39.4. The van der Waals surface area contributed by atoms with Gasteiger partial charge in [0.2, 0.25) is 0 Å². The maximum absolute atomic E-state index is 11.9. The van der Waals surface area contributed by atoms with Crippen LogP contribution in [0.4, 0.5) is 28.1 Å². The highest BCUT2D eigenvalue weighted by Crippen LogP contribution is 2.50. The molecule has 11 aromatic rings.